The zero-order chi connectivity index (χ0) is 13.8. The van der Waals surface area contributed by atoms with Crippen molar-refractivity contribution in [3.63, 3.8) is 0 Å². The highest BCUT2D eigenvalue weighted by atomic mass is 15.0. The van der Waals surface area contributed by atoms with E-state index in [9.17, 15) is 0 Å². The summed E-state index contributed by atoms with van der Waals surface area (Å²) >= 11 is 0. The zero-order valence-corrected chi connectivity index (χ0v) is 13.6. The first kappa shape index (κ1) is 17.0. The lowest BCUT2D eigenvalue weighted by Gasteiger charge is -2.43. The van der Waals surface area contributed by atoms with Gasteiger partial charge in [0, 0.05) is 13.1 Å². The van der Waals surface area contributed by atoms with Gasteiger partial charge in [-0.15, -0.1) is 0 Å². The second-order valence-electron chi connectivity index (χ2n) is 6.79. The van der Waals surface area contributed by atoms with Crippen LogP contribution in [-0.2, 0) is 0 Å². The quantitative estimate of drug-likeness (QED) is 0.423. The van der Waals surface area contributed by atoms with Crippen molar-refractivity contribution >= 4 is 0 Å². The molecule has 0 aliphatic carbocycles. The maximum Gasteiger partial charge on any atom is 0.00202 e. The van der Waals surface area contributed by atoms with E-state index in [4.69, 9.17) is 0 Å². The van der Waals surface area contributed by atoms with Gasteiger partial charge in [0.05, 0.1) is 0 Å². The predicted molar refractivity (Wildman–Crippen MR) is 86.7 cm³/mol. The van der Waals surface area contributed by atoms with Gasteiger partial charge in [-0.25, -0.2) is 0 Å². The molecule has 0 amide bonds. The fourth-order valence-electron chi connectivity index (χ4n) is 3.47. The van der Waals surface area contributed by atoms with Crippen molar-refractivity contribution in [1.29, 1.82) is 0 Å². The van der Waals surface area contributed by atoms with Crippen molar-refractivity contribution in [2.75, 3.05) is 13.1 Å². The average Bonchev–Trinajstić information content (AvgIpc) is 2.38. The van der Waals surface area contributed by atoms with Gasteiger partial charge in [-0.1, -0.05) is 84.5 Å². The number of hydrogen-bond acceptors (Lipinski definition) is 1. The van der Waals surface area contributed by atoms with Crippen molar-refractivity contribution < 1.29 is 0 Å². The SMILES string of the molecule is CCCCCCCCCCCCC1(CCC)CNC1. The predicted octanol–water partition coefficient (Wildman–Crippen LogP) is 5.69. The lowest BCUT2D eigenvalue weighted by atomic mass is 9.74. The molecule has 1 heteroatoms. The van der Waals surface area contributed by atoms with E-state index in [-0.39, 0.29) is 0 Å². The molecule has 1 saturated heterocycles. The molecule has 0 saturated carbocycles. The topological polar surface area (TPSA) is 12.0 Å². The summed E-state index contributed by atoms with van der Waals surface area (Å²) in [6.45, 7) is 7.21. The third-order valence-corrected chi connectivity index (χ3v) is 4.84. The molecule has 1 heterocycles. The lowest BCUT2D eigenvalue weighted by molar-refractivity contribution is 0.132. The first-order chi connectivity index (χ1) is 9.33. The summed E-state index contributed by atoms with van der Waals surface area (Å²) in [5.74, 6) is 0. The van der Waals surface area contributed by atoms with E-state index in [1.807, 2.05) is 0 Å². The molecule has 19 heavy (non-hydrogen) atoms. The number of rotatable bonds is 13. The molecule has 0 aromatic carbocycles. The monoisotopic (exact) mass is 267 g/mol. The summed E-state index contributed by atoms with van der Waals surface area (Å²) in [5, 5.41) is 3.47. The van der Waals surface area contributed by atoms with Crippen LogP contribution in [0.25, 0.3) is 0 Å². The van der Waals surface area contributed by atoms with Crippen molar-refractivity contribution in [2.24, 2.45) is 5.41 Å². The molecule has 1 aliphatic rings. The van der Waals surface area contributed by atoms with Gasteiger partial charge in [-0.2, -0.15) is 0 Å². The number of nitrogens with one attached hydrogen (secondary N) is 1. The van der Waals surface area contributed by atoms with Crippen LogP contribution in [0.15, 0.2) is 0 Å². The molecule has 1 aliphatic heterocycles. The third-order valence-electron chi connectivity index (χ3n) is 4.84. The molecule has 0 bridgehead atoms. The van der Waals surface area contributed by atoms with Gasteiger partial charge < -0.3 is 5.32 Å². The van der Waals surface area contributed by atoms with Crippen LogP contribution in [0.3, 0.4) is 0 Å². The van der Waals surface area contributed by atoms with Crippen LogP contribution < -0.4 is 5.32 Å². The lowest BCUT2D eigenvalue weighted by Crippen LogP contribution is -2.53. The summed E-state index contributed by atoms with van der Waals surface area (Å²) in [6, 6.07) is 0. The van der Waals surface area contributed by atoms with Crippen molar-refractivity contribution in [3.05, 3.63) is 0 Å². The molecule has 1 nitrogen and oxygen atoms in total. The average molecular weight is 268 g/mol. The van der Waals surface area contributed by atoms with E-state index in [1.54, 1.807) is 0 Å². The summed E-state index contributed by atoms with van der Waals surface area (Å²) in [7, 11) is 0. The fourth-order valence-corrected chi connectivity index (χ4v) is 3.47. The fraction of sp³-hybridized carbons (Fsp3) is 1.00. The Morgan fingerprint density at radius 1 is 0.632 bits per heavy atom. The van der Waals surface area contributed by atoms with E-state index in [0.717, 1.165) is 0 Å². The van der Waals surface area contributed by atoms with Crippen LogP contribution in [0.5, 0.6) is 0 Å². The third kappa shape index (κ3) is 7.34. The van der Waals surface area contributed by atoms with Crippen LogP contribution in [0.1, 0.15) is 97.3 Å². The normalized spacial score (nSPS) is 17.4. The standard InChI is InChI=1S/C18H37N/c1-3-5-6-7-8-9-10-11-12-13-15-18(14-4-2)16-19-17-18/h19H,3-17H2,1-2H3. The number of unbranched alkanes of at least 4 members (excludes halogenated alkanes) is 9. The van der Waals surface area contributed by atoms with E-state index in [0.29, 0.717) is 5.41 Å². The van der Waals surface area contributed by atoms with E-state index in [2.05, 4.69) is 19.2 Å². The Labute approximate surface area is 121 Å². The Bertz CT molecular complexity index is 196. The molecule has 1 fully saturated rings. The van der Waals surface area contributed by atoms with Gasteiger partial charge in [-0.3, -0.25) is 0 Å². The molecule has 0 spiro atoms. The van der Waals surface area contributed by atoms with E-state index >= 15 is 0 Å². The molecule has 0 radical (unpaired) electrons. The second kappa shape index (κ2) is 10.7. The van der Waals surface area contributed by atoms with E-state index in [1.165, 1.54) is 96.6 Å². The number of hydrogen-bond donors (Lipinski definition) is 1. The molecule has 0 unspecified atom stereocenters. The van der Waals surface area contributed by atoms with Crippen LogP contribution in [-0.4, -0.2) is 13.1 Å². The first-order valence-corrected chi connectivity index (χ1v) is 9.04. The van der Waals surface area contributed by atoms with Crippen LogP contribution in [0.4, 0.5) is 0 Å². The molecular formula is C18H37N. The summed E-state index contributed by atoms with van der Waals surface area (Å²) in [6.07, 6.45) is 18.9. The minimum Gasteiger partial charge on any atom is -0.316 e. The smallest absolute Gasteiger partial charge is 0.00202 e. The van der Waals surface area contributed by atoms with Gasteiger partial charge in [0.15, 0.2) is 0 Å². The highest BCUT2D eigenvalue weighted by Crippen LogP contribution is 2.34. The minimum absolute atomic E-state index is 0.703. The molecule has 114 valence electrons. The Morgan fingerprint density at radius 3 is 1.58 bits per heavy atom. The summed E-state index contributed by atoms with van der Waals surface area (Å²) in [4.78, 5) is 0. The molecule has 0 aromatic rings. The molecule has 0 atom stereocenters. The second-order valence-corrected chi connectivity index (χ2v) is 6.79. The largest absolute Gasteiger partial charge is 0.316 e. The highest BCUT2D eigenvalue weighted by Gasteiger charge is 2.34. The van der Waals surface area contributed by atoms with Gasteiger partial charge in [0.1, 0.15) is 0 Å². The summed E-state index contributed by atoms with van der Waals surface area (Å²) < 4.78 is 0. The van der Waals surface area contributed by atoms with Gasteiger partial charge in [0.25, 0.3) is 0 Å². The minimum atomic E-state index is 0.703. The van der Waals surface area contributed by atoms with Crippen LogP contribution >= 0.6 is 0 Å². The zero-order valence-electron chi connectivity index (χ0n) is 13.6. The molecule has 1 N–H and O–H groups in total. The Morgan fingerprint density at radius 2 is 1.16 bits per heavy atom. The van der Waals surface area contributed by atoms with Crippen molar-refractivity contribution in [2.45, 2.75) is 97.3 Å². The van der Waals surface area contributed by atoms with E-state index < -0.39 is 0 Å². The first-order valence-electron chi connectivity index (χ1n) is 9.04. The maximum atomic E-state index is 3.47. The Hall–Kier alpha value is -0.0400. The molecule has 1 rings (SSSR count). The van der Waals surface area contributed by atoms with Gasteiger partial charge in [0.2, 0.25) is 0 Å². The highest BCUT2D eigenvalue weighted by molar-refractivity contribution is 4.91. The van der Waals surface area contributed by atoms with Gasteiger partial charge >= 0.3 is 0 Å². The van der Waals surface area contributed by atoms with Crippen LogP contribution in [0, 0.1) is 5.41 Å². The van der Waals surface area contributed by atoms with Crippen molar-refractivity contribution in [3.8, 4) is 0 Å². The maximum absolute atomic E-state index is 3.47. The van der Waals surface area contributed by atoms with Crippen LogP contribution in [0.2, 0.25) is 0 Å². The molecule has 0 aromatic heterocycles. The van der Waals surface area contributed by atoms with Gasteiger partial charge in [-0.05, 0) is 18.3 Å². The molecular weight excluding hydrogens is 230 g/mol. The Balaban J connectivity index is 1.83. The summed E-state index contributed by atoms with van der Waals surface area (Å²) in [5.41, 5.74) is 0.703. The Kier molecular flexibility index (Phi) is 9.59. The van der Waals surface area contributed by atoms with Crippen molar-refractivity contribution in [1.82, 2.24) is 5.32 Å².